The molecule has 0 bridgehead atoms. The van der Waals surface area contributed by atoms with Crippen molar-refractivity contribution in [3.05, 3.63) is 18.5 Å². The first kappa shape index (κ1) is 10.9. The zero-order valence-electron chi connectivity index (χ0n) is 9.39. The largest absolute Gasteiger partial charge is 0.343 e. The summed E-state index contributed by atoms with van der Waals surface area (Å²) < 4.78 is 0. The van der Waals surface area contributed by atoms with Crippen LogP contribution in [0.2, 0.25) is 0 Å². The van der Waals surface area contributed by atoms with Crippen molar-refractivity contribution in [2.45, 2.75) is 25.8 Å². The molecule has 1 atom stereocenters. The molecule has 1 aromatic rings. The highest BCUT2D eigenvalue weighted by atomic mass is 16.2. The van der Waals surface area contributed by atoms with Crippen molar-refractivity contribution in [3.8, 4) is 0 Å². The van der Waals surface area contributed by atoms with Crippen LogP contribution in [0.5, 0.6) is 0 Å². The molecule has 0 spiro atoms. The molecule has 5 heteroatoms. The Kier molecular flexibility index (Phi) is 3.34. The number of amides is 1. The molecule has 0 aliphatic carbocycles. The topological polar surface area (TPSA) is 58.1 Å². The summed E-state index contributed by atoms with van der Waals surface area (Å²) in [5.74, 6) is 0.632. The number of aromatic nitrogens is 2. The van der Waals surface area contributed by atoms with Gasteiger partial charge in [-0.05, 0) is 25.8 Å². The Morgan fingerprint density at radius 1 is 1.38 bits per heavy atom. The van der Waals surface area contributed by atoms with E-state index in [0.717, 1.165) is 25.9 Å². The molecule has 1 N–H and O–H groups in total. The van der Waals surface area contributed by atoms with Crippen molar-refractivity contribution in [1.29, 1.82) is 0 Å². The molecule has 0 radical (unpaired) electrons. The van der Waals surface area contributed by atoms with Crippen LogP contribution >= 0.6 is 0 Å². The monoisotopic (exact) mass is 220 g/mol. The van der Waals surface area contributed by atoms with Crippen LogP contribution in [0.4, 0.5) is 5.95 Å². The standard InChI is InChI=1S/C11H16N4O/c1-9(10(16)15-7-2-3-8-15)14-11-12-5-4-6-13-11/h4-6,9H,2-3,7-8H2,1H3,(H,12,13,14). The van der Waals surface area contributed by atoms with Gasteiger partial charge in [-0.1, -0.05) is 0 Å². The molecule has 86 valence electrons. The van der Waals surface area contributed by atoms with Gasteiger partial charge >= 0.3 is 0 Å². The highest BCUT2D eigenvalue weighted by Crippen LogP contribution is 2.10. The average Bonchev–Trinajstić information content (AvgIpc) is 2.83. The van der Waals surface area contributed by atoms with Gasteiger partial charge < -0.3 is 10.2 Å². The van der Waals surface area contributed by atoms with E-state index in [1.54, 1.807) is 18.5 Å². The van der Waals surface area contributed by atoms with Gasteiger partial charge in [0, 0.05) is 25.5 Å². The summed E-state index contributed by atoms with van der Waals surface area (Å²) in [6.45, 7) is 3.60. The fraction of sp³-hybridized carbons (Fsp3) is 0.545. The fourth-order valence-electron chi connectivity index (χ4n) is 1.84. The number of nitrogens with one attached hydrogen (secondary N) is 1. The summed E-state index contributed by atoms with van der Waals surface area (Å²) in [7, 11) is 0. The van der Waals surface area contributed by atoms with Crippen LogP contribution in [0, 0.1) is 0 Å². The molecule has 1 aromatic heterocycles. The number of likely N-dealkylation sites (tertiary alicyclic amines) is 1. The van der Waals surface area contributed by atoms with Gasteiger partial charge in [-0.25, -0.2) is 9.97 Å². The second-order valence-corrected chi connectivity index (χ2v) is 3.97. The first-order valence-corrected chi connectivity index (χ1v) is 5.60. The summed E-state index contributed by atoms with van der Waals surface area (Å²) in [6, 6.07) is 1.48. The van der Waals surface area contributed by atoms with E-state index in [1.165, 1.54) is 0 Å². The number of hydrogen-bond acceptors (Lipinski definition) is 4. The summed E-state index contributed by atoms with van der Waals surface area (Å²) >= 11 is 0. The van der Waals surface area contributed by atoms with Crippen LogP contribution in [-0.2, 0) is 4.79 Å². The van der Waals surface area contributed by atoms with Crippen LogP contribution in [-0.4, -0.2) is 39.9 Å². The van der Waals surface area contributed by atoms with Gasteiger partial charge in [-0.2, -0.15) is 0 Å². The molecule has 1 saturated heterocycles. The number of nitrogens with zero attached hydrogens (tertiary/aromatic N) is 3. The second-order valence-electron chi connectivity index (χ2n) is 3.97. The van der Waals surface area contributed by atoms with E-state index < -0.39 is 0 Å². The van der Waals surface area contributed by atoms with E-state index in [2.05, 4.69) is 15.3 Å². The summed E-state index contributed by atoms with van der Waals surface area (Å²) in [5.41, 5.74) is 0. The van der Waals surface area contributed by atoms with E-state index in [-0.39, 0.29) is 11.9 Å². The summed E-state index contributed by atoms with van der Waals surface area (Å²) in [6.07, 6.45) is 5.53. The highest BCUT2D eigenvalue weighted by Gasteiger charge is 2.23. The third kappa shape index (κ3) is 2.48. The first-order chi connectivity index (χ1) is 7.77. The molecular formula is C11H16N4O. The predicted octanol–water partition coefficient (Wildman–Crippen LogP) is 0.899. The van der Waals surface area contributed by atoms with Gasteiger partial charge in [0.2, 0.25) is 11.9 Å². The Morgan fingerprint density at radius 3 is 2.62 bits per heavy atom. The third-order valence-electron chi connectivity index (χ3n) is 2.70. The lowest BCUT2D eigenvalue weighted by Crippen LogP contribution is -2.39. The smallest absolute Gasteiger partial charge is 0.244 e. The van der Waals surface area contributed by atoms with Crippen molar-refractivity contribution in [2.24, 2.45) is 0 Å². The first-order valence-electron chi connectivity index (χ1n) is 5.60. The lowest BCUT2D eigenvalue weighted by atomic mass is 10.3. The molecule has 0 aromatic carbocycles. The van der Waals surface area contributed by atoms with Crippen LogP contribution in [0.1, 0.15) is 19.8 Å². The van der Waals surface area contributed by atoms with E-state index in [0.29, 0.717) is 5.95 Å². The third-order valence-corrected chi connectivity index (χ3v) is 2.70. The second kappa shape index (κ2) is 4.92. The number of carbonyl (C=O) groups excluding carboxylic acids is 1. The summed E-state index contributed by atoms with van der Waals surface area (Å²) in [5, 5.41) is 3.01. The molecule has 1 fully saturated rings. The minimum absolute atomic E-state index is 0.130. The molecule has 2 heterocycles. The van der Waals surface area contributed by atoms with Crippen LogP contribution in [0.15, 0.2) is 18.5 Å². The maximum Gasteiger partial charge on any atom is 0.244 e. The van der Waals surface area contributed by atoms with Gasteiger partial charge in [0.15, 0.2) is 0 Å². The zero-order chi connectivity index (χ0) is 11.4. The van der Waals surface area contributed by atoms with Crippen molar-refractivity contribution < 1.29 is 4.79 Å². The Balaban J connectivity index is 1.92. The Labute approximate surface area is 94.9 Å². The fourth-order valence-corrected chi connectivity index (χ4v) is 1.84. The van der Waals surface area contributed by atoms with Gasteiger partial charge in [0.05, 0.1) is 0 Å². The van der Waals surface area contributed by atoms with Crippen molar-refractivity contribution in [2.75, 3.05) is 18.4 Å². The van der Waals surface area contributed by atoms with Crippen molar-refractivity contribution in [3.63, 3.8) is 0 Å². The normalized spacial score (nSPS) is 17.2. The van der Waals surface area contributed by atoms with E-state index >= 15 is 0 Å². The minimum Gasteiger partial charge on any atom is -0.343 e. The van der Waals surface area contributed by atoms with Gasteiger partial charge in [0.25, 0.3) is 0 Å². The van der Waals surface area contributed by atoms with Crippen LogP contribution in [0.25, 0.3) is 0 Å². The minimum atomic E-state index is -0.263. The quantitative estimate of drug-likeness (QED) is 0.822. The molecule has 1 aliphatic rings. The maximum atomic E-state index is 12.0. The molecular weight excluding hydrogens is 204 g/mol. The molecule has 1 unspecified atom stereocenters. The van der Waals surface area contributed by atoms with Gasteiger partial charge in [-0.3, -0.25) is 4.79 Å². The van der Waals surface area contributed by atoms with Crippen molar-refractivity contribution >= 4 is 11.9 Å². The van der Waals surface area contributed by atoms with Gasteiger partial charge in [-0.15, -0.1) is 0 Å². The zero-order valence-corrected chi connectivity index (χ0v) is 9.39. The molecule has 16 heavy (non-hydrogen) atoms. The lowest BCUT2D eigenvalue weighted by molar-refractivity contribution is -0.130. The lowest BCUT2D eigenvalue weighted by Gasteiger charge is -2.20. The van der Waals surface area contributed by atoms with E-state index in [4.69, 9.17) is 0 Å². The van der Waals surface area contributed by atoms with E-state index in [9.17, 15) is 4.79 Å². The van der Waals surface area contributed by atoms with Crippen LogP contribution in [0.3, 0.4) is 0 Å². The van der Waals surface area contributed by atoms with E-state index in [1.807, 2.05) is 11.8 Å². The Bertz CT molecular complexity index is 348. The molecule has 2 rings (SSSR count). The Hall–Kier alpha value is -1.65. The molecule has 5 nitrogen and oxygen atoms in total. The van der Waals surface area contributed by atoms with Crippen LogP contribution < -0.4 is 5.32 Å². The Morgan fingerprint density at radius 2 is 2.00 bits per heavy atom. The number of hydrogen-bond donors (Lipinski definition) is 1. The predicted molar refractivity (Wildman–Crippen MR) is 60.9 cm³/mol. The average molecular weight is 220 g/mol. The SMILES string of the molecule is CC(Nc1ncccn1)C(=O)N1CCCC1. The van der Waals surface area contributed by atoms with Crippen molar-refractivity contribution in [1.82, 2.24) is 14.9 Å². The summed E-state index contributed by atoms with van der Waals surface area (Å²) in [4.78, 5) is 21.9. The molecule has 0 saturated carbocycles. The highest BCUT2D eigenvalue weighted by molar-refractivity contribution is 5.83. The number of rotatable bonds is 3. The molecule has 1 aliphatic heterocycles. The van der Waals surface area contributed by atoms with Gasteiger partial charge in [0.1, 0.15) is 6.04 Å². The number of anilines is 1. The maximum absolute atomic E-state index is 12.0. The molecule has 1 amide bonds. The number of carbonyl (C=O) groups is 1.